The lowest BCUT2D eigenvalue weighted by molar-refractivity contribution is -0.131. The van der Waals surface area contributed by atoms with Gasteiger partial charge in [0.2, 0.25) is 5.91 Å². The highest BCUT2D eigenvalue weighted by molar-refractivity contribution is 5.76. The summed E-state index contributed by atoms with van der Waals surface area (Å²) >= 11 is 0. The van der Waals surface area contributed by atoms with Crippen molar-refractivity contribution in [2.45, 2.75) is 51.5 Å². The topological polar surface area (TPSA) is 32.3 Å². The molecule has 3 heteroatoms. The molecule has 0 bridgehead atoms. The van der Waals surface area contributed by atoms with Gasteiger partial charge in [-0.1, -0.05) is 13.3 Å². The van der Waals surface area contributed by atoms with Crippen LogP contribution in [0.1, 0.15) is 45.4 Å². The predicted octanol–water partition coefficient (Wildman–Crippen LogP) is 1.78. The first kappa shape index (κ1) is 11.9. The highest BCUT2D eigenvalue weighted by Gasteiger charge is 2.24. The monoisotopic (exact) mass is 224 g/mol. The minimum absolute atomic E-state index is 0.379. The maximum Gasteiger partial charge on any atom is 0.222 e. The summed E-state index contributed by atoms with van der Waals surface area (Å²) < 4.78 is 0. The van der Waals surface area contributed by atoms with Crippen molar-refractivity contribution in [3.63, 3.8) is 0 Å². The van der Waals surface area contributed by atoms with E-state index in [-0.39, 0.29) is 0 Å². The molecule has 2 rings (SSSR count). The maximum atomic E-state index is 12.0. The van der Waals surface area contributed by atoms with E-state index in [1.807, 2.05) is 0 Å². The third-order valence-corrected chi connectivity index (χ3v) is 4.11. The molecule has 0 saturated carbocycles. The molecule has 2 saturated heterocycles. The lowest BCUT2D eigenvalue weighted by atomic mass is 9.98. The lowest BCUT2D eigenvalue weighted by Gasteiger charge is -2.24. The Morgan fingerprint density at radius 2 is 2.25 bits per heavy atom. The Kier molecular flexibility index (Phi) is 4.22. The van der Waals surface area contributed by atoms with E-state index in [1.54, 1.807) is 0 Å². The van der Waals surface area contributed by atoms with Crippen LogP contribution in [0.15, 0.2) is 0 Å². The molecular weight excluding hydrogens is 200 g/mol. The van der Waals surface area contributed by atoms with Gasteiger partial charge in [-0.2, -0.15) is 0 Å². The van der Waals surface area contributed by atoms with Gasteiger partial charge in [-0.15, -0.1) is 0 Å². The van der Waals surface area contributed by atoms with E-state index in [1.165, 1.54) is 25.7 Å². The molecule has 2 atom stereocenters. The summed E-state index contributed by atoms with van der Waals surface area (Å²) in [6.45, 7) is 5.29. The molecule has 1 unspecified atom stereocenters. The number of amides is 1. The van der Waals surface area contributed by atoms with Crippen molar-refractivity contribution in [3.05, 3.63) is 0 Å². The quantitative estimate of drug-likeness (QED) is 0.792. The van der Waals surface area contributed by atoms with Crippen molar-refractivity contribution in [1.29, 1.82) is 0 Å². The van der Waals surface area contributed by atoms with Crippen molar-refractivity contribution in [3.8, 4) is 0 Å². The average Bonchev–Trinajstić information content (AvgIpc) is 2.73. The Labute approximate surface area is 98.6 Å². The first-order valence-electron chi connectivity index (χ1n) is 6.80. The number of hydrogen-bond donors (Lipinski definition) is 1. The van der Waals surface area contributed by atoms with Gasteiger partial charge in [0.25, 0.3) is 0 Å². The fourth-order valence-corrected chi connectivity index (χ4v) is 2.87. The first-order chi connectivity index (χ1) is 7.79. The number of likely N-dealkylation sites (tertiary alicyclic amines) is 1. The van der Waals surface area contributed by atoms with Crippen LogP contribution >= 0.6 is 0 Å². The molecule has 3 nitrogen and oxygen atoms in total. The zero-order valence-electron chi connectivity index (χ0n) is 10.4. The molecule has 0 spiro atoms. The fraction of sp³-hybridized carbons (Fsp3) is 0.923. The summed E-state index contributed by atoms with van der Waals surface area (Å²) in [7, 11) is 0. The van der Waals surface area contributed by atoms with Crippen LogP contribution in [0.2, 0.25) is 0 Å². The third kappa shape index (κ3) is 2.97. The molecule has 2 heterocycles. The fourth-order valence-electron chi connectivity index (χ4n) is 2.87. The minimum Gasteiger partial charge on any atom is -0.341 e. The predicted molar refractivity (Wildman–Crippen MR) is 65.2 cm³/mol. The average molecular weight is 224 g/mol. The number of hydrogen-bond acceptors (Lipinski definition) is 2. The maximum absolute atomic E-state index is 12.0. The van der Waals surface area contributed by atoms with Crippen LogP contribution in [-0.2, 0) is 4.79 Å². The zero-order valence-corrected chi connectivity index (χ0v) is 10.4. The van der Waals surface area contributed by atoms with Gasteiger partial charge >= 0.3 is 0 Å². The molecule has 0 aliphatic carbocycles. The number of nitrogens with zero attached hydrogens (tertiary/aromatic N) is 1. The Bertz CT molecular complexity index is 236. The smallest absolute Gasteiger partial charge is 0.222 e. The molecule has 0 aromatic carbocycles. The minimum atomic E-state index is 0.379. The van der Waals surface area contributed by atoms with E-state index in [0.29, 0.717) is 11.9 Å². The highest BCUT2D eigenvalue weighted by atomic mass is 16.2. The molecule has 1 amide bonds. The Hall–Kier alpha value is -0.570. The summed E-state index contributed by atoms with van der Waals surface area (Å²) in [4.78, 5) is 14.1. The molecule has 0 aromatic rings. The second-order valence-corrected chi connectivity index (χ2v) is 5.23. The highest BCUT2D eigenvalue weighted by Crippen LogP contribution is 2.21. The van der Waals surface area contributed by atoms with Crippen molar-refractivity contribution in [1.82, 2.24) is 10.2 Å². The summed E-state index contributed by atoms with van der Waals surface area (Å²) in [6.07, 6.45) is 6.80. The molecule has 2 aliphatic heterocycles. The molecule has 0 radical (unpaired) electrons. The van der Waals surface area contributed by atoms with E-state index in [4.69, 9.17) is 0 Å². The molecular formula is C13H24N2O. The second-order valence-electron chi connectivity index (χ2n) is 5.23. The van der Waals surface area contributed by atoms with Crippen LogP contribution in [0, 0.1) is 5.92 Å². The van der Waals surface area contributed by atoms with Crippen LogP contribution in [0.5, 0.6) is 0 Å². The first-order valence-corrected chi connectivity index (χ1v) is 6.80. The van der Waals surface area contributed by atoms with Gasteiger partial charge in [0.05, 0.1) is 0 Å². The SMILES string of the molecule is CCC1CCC(=O)N(C[C@@H]2CCCN2)CC1. The van der Waals surface area contributed by atoms with Crippen LogP contribution in [0.25, 0.3) is 0 Å². The number of carbonyl (C=O) groups excluding carboxylic acids is 1. The standard InChI is InChI=1S/C13H24N2O/c1-2-11-5-6-13(16)15(9-7-11)10-12-4-3-8-14-12/h11-12,14H,2-10H2,1H3/t11?,12-/m0/s1. The zero-order chi connectivity index (χ0) is 11.4. The summed E-state index contributed by atoms with van der Waals surface area (Å²) in [5.74, 6) is 1.15. The molecule has 92 valence electrons. The largest absolute Gasteiger partial charge is 0.341 e. The molecule has 2 fully saturated rings. The number of nitrogens with one attached hydrogen (secondary N) is 1. The van der Waals surface area contributed by atoms with Crippen LogP contribution in [0.4, 0.5) is 0 Å². The van der Waals surface area contributed by atoms with Crippen LogP contribution in [-0.4, -0.2) is 36.5 Å². The summed E-state index contributed by atoms with van der Waals surface area (Å²) in [5.41, 5.74) is 0. The molecule has 0 aromatic heterocycles. The Morgan fingerprint density at radius 3 is 2.94 bits per heavy atom. The van der Waals surface area contributed by atoms with Crippen LogP contribution < -0.4 is 5.32 Å². The van der Waals surface area contributed by atoms with Crippen LogP contribution in [0.3, 0.4) is 0 Å². The van der Waals surface area contributed by atoms with Gasteiger partial charge in [0.1, 0.15) is 0 Å². The Morgan fingerprint density at radius 1 is 1.38 bits per heavy atom. The normalized spacial score (nSPS) is 31.8. The summed E-state index contributed by atoms with van der Waals surface area (Å²) in [5, 5.41) is 3.48. The second kappa shape index (κ2) is 5.67. The number of rotatable bonds is 3. The lowest BCUT2D eigenvalue weighted by Crippen LogP contribution is -2.40. The molecule has 1 N–H and O–H groups in total. The van der Waals surface area contributed by atoms with Crippen molar-refractivity contribution < 1.29 is 4.79 Å². The van der Waals surface area contributed by atoms with Gasteiger partial charge in [0.15, 0.2) is 0 Å². The van der Waals surface area contributed by atoms with Crippen molar-refractivity contribution >= 4 is 5.91 Å². The van der Waals surface area contributed by atoms with Crippen molar-refractivity contribution in [2.75, 3.05) is 19.6 Å². The van der Waals surface area contributed by atoms with E-state index >= 15 is 0 Å². The van der Waals surface area contributed by atoms with Gasteiger partial charge < -0.3 is 10.2 Å². The van der Waals surface area contributed by atoms with E-state index in [9.17, 15) is 4.79 Å². The van der Waals surface area contributed by atoms with Gasteiger partial charge in [-0.3, -0.25) is 4.79 Å². The summed E-state index contributed by atoms with van der Waals surface area (Å²) in [6, 6.07) is 0.558. The van der Waals surface area contributed by atoms with Gasteiger partial charge in [0, 0.05) is 25.6 Å². The van der Waals surface area contributed by atoms with E-state index < -0.39 is 0 Å². The number of carbonyl (C=O) groups is 1. The Balaban J connectivity index is 1.85. The molecule has 16 heavy (non-hydrogen) atoms. The van der Waals surface area contributed by atoms with E-state index in [0.717, 1.165) is 38.4 Å². The molecule has 2 aliphatic rings. The van der Waals surface area contributed by atoms with E-state index in [2.05, 4.69) is 17.1 Å². The van der Waals surface area contributed by atoms with Gasteiger partial charge in [-0.25, -0.2) is 0 Å². The van der Waals surface area contributed by atoms with Gasteiger partial charge in [-0.05, 0) is 38.1 Å². The third-order valence-electron chi connectivity index (χ3n) is 4.11. The van der Waals surface area contributed by atoms with Crippen molar-refractivity contribution in [2.24, 2.45) is 5.92 Å².